The molecule has 2 aromatic rings. The summed E-state index contributed by atoms with van der Waals surface area (Å²) >= 11 is 2.10. The maximum absolute atomic E-state index is 13.2. The van der Waals surface area contributed by atoms with Gasteiger partial charge < -0.3 is 36.7 Å². The summed E-state index contributed by atoms with van der Waals surface area (Å²) in [6.07, 6.45) is 4.74. The number of β-lactam (4-membered cyclic amide) rings is 1. The van der Waals surface area contributed by atoms with Crippen LogP contribution < -0.4 is 26.3 Å². The second-order valence-corrected chi connectivity index (χ2v) is 12.4. The Morgan fingerprint density at radius 1 is 1.30 bits per heavy atom. The highest BCUT2D eigenvalue weighted by Crippen LogP contribution is 2.40. The fourth-order valence-electron chi connectivity index (χ4n) is 4.62. The van der Waals surface area contributed by atoms with Crippen molar-refractivity contribution in [2.45, 2.75) is 49.9 Å². The normalized spacial score (nSPS) is 22.1. The van der Waals surface area contributed by atoms with E-state index in [1.165, 1.54) is 30.5 Å². The lowest BCUT2D eigenvalue weighted by Crippen LogP contribution is -2.71. The number of hydrogen-bond donors (Lipinski definition) is 6. The van der Waals surface area contributed by atoms with E-state index >= 15 is 0 Å². The van der Waals surface area contributed by atoms with Crippen LogP contribution in [-0.2, 0) is 30.6 Å². The number of carbonyl (C=O) groups is 4. The van der Waals surface area contributed by atoms with E-state index in [4.69, 9.17) is 10.6 Å². The van der Waals surface area contributed by atoms with E-state index in [-0.39, 0.29) is 23.2 Å². The molecule has 5 rings (SSSR count). The Kier molecular flexibility index (Phi) is 8.52. The summed E-state index contributed by atoms with van der Waals surface area (Å²) in [6, 6.07) is 3.12. The van der Waals surface area contributed by atoms with Gasteiger partial charge in [-0.2, -0.15) is 9.36 Å². The number of amides is 2. The first kappa shape index (κ1) is 30.2. The van der Waals surface area contributed by atoms with Crippen LogP contribution in [0.2, 0.25) is 0 Å². The lowest BCUT2D eigenvalue weighted by Gasteiger charge is -2.49. The van der Waals surface area contributed by atoms with E-state index < -0.39 is 46.5 Å². The number of rotatable bonds is 11. The zero-order valence-electron chi connectivity index (χ0n) is 23.1. The minimum Gasteiger partial charge on any atom is -0.478 e. The molecule has 5 heterocycles. The molecule has 16 nitrogen and oxygen atoms in total. The lowest BCUT2D eigenvalue weighted by atomic mass is 10.0. The van der Waals surface area contributed by atoms with E-state index in [9.17, 15) is 29.4 Å². The van der Waals surface area contributed by atoms with Crippen LogP contribution in [0, 0.1) is 0 Å². The summed E-state index contributed by atoms with van der Waals surface area (Å²) in [6.45, 7) is 4.60. The fourth-order valence-corrected chi connectivity index (χ4v) is 6.39. The van der Waals surface area contributed by atoms with Crippen LogP contribution in [0.1, 0.15) is 26.1 Å². The molecule has 0 aliphatic carbocycles. The number of nitrogens with two attached hydrogens (primary N) is 1. The second-order valence-electron chi connectivity index (χ2n) is 10.5. The summed E-state index contributed by atoms with van der Waals surface area (Å²) in [5.41, 5.74) is 4.76. The number of carboxylic acids is 2. The Morgan fingerprint density at radius 3 is 2.65 bits per heavy atom. The zero-order valence-corrected chi connectivity index (χ0v) is 24.8. The molecule has 3 unspecified atom stereocenters. The van der Waals surface area contributed by atoms with Gasteiger partial charge in [0.1, 0.15) is 17.1 Å². The average molecular weight is 633 g/mol. The van der Waals surface area contributed by atoms with Gasteiger partial charge in [-0.25, -0.2) is 14.2 Å². The van der Waals surface area contributed by atoms with Gasteiger partial charge in [0.25, 0.3) is 11.8 Å². The molecular weight excluding hydrogens is 602 g/mol. The first-order valence-corrected chi connectivity index (χ1v) is 15.0. The molecule has 2 amide bonds. The third kappa shape index (κ3) is 6.40. The predicted octanol–water partition coefficient (Wildman–Crippen LogP) is -0.796. The van der Waals surface area contributed by atoms with Crippen LogP contribution in [0.3, 0.4) is 0 Å². The van der Waals surface area contributed by atoms with Gasteiger partial charge in [-0.3, -0.25) is 14.5 Å². The van der Waals surface area contributed by atoms with Crippen LogP contribution in [0.15, 0.2) is 41.0 Å². The Bertz CT molecular complexity index is 1500. The first-order chi connectivity index (χ1) is 20.4. The number of anilines is 2. The molecular formula is C25H30N9O7S2+. The van der Waals surface area contributed by atoms with Crippen molar-refractivity contribution in [3.63, 3.8) is 0 Å². The Morgan fingerprint density at radius 2 is 2.05 bits per heavy atom. The molecule has 2 saturated heterocycles. The monoisotopic (exact) mass is 632 g/mol. The lowest BCUT2D eigenvalue weighted by molar-refractivity contribution is -0.688. The maximum Gasteiger partial charge on any atom is 0.352 e. The topological polar surface area (TPSA) is 225 Å². The van der Waals surface area contributed by atoms with Gasteiger partial charge in [0, 0.05) is 53.3 Å². The summed E-state index contributed by atoms with van der Waals surface area (Å²) in [7, 11) is 0. The van der Waals surface area contributed by atoms with E-state index in [1.54, 1.807) is 0 Å². The van der Waals surface area contributed by atoms with E-state index in [1.807, 2.05) is 29.1 Å². The Hall–Kier alpha value is -4.29. The molecule has 3 aliphatic rings. The highest BCUT2D eigenvalue weighted by molar-refractivity contribution is 8.00. The summed E-state index contributed by atoms with van der Waals surface area (Å²) < 4.78 is 5.78. The molecule has 3 atom stereocenters. The van der Waals surface area contributed by atoms with Crippen LogP contribution >= 0.6 is 23.3 Å². The Balaban J connectivity index is 1.30. The molecule has 3 aliphatic heterocycles. The molecule has 0 aromatic carbocycles. The van der Waals surface area contributed by atoms with Crippen molar-refractivity contribution in [3.8, 4) is 0 Å². The number of pyridine rings is 1. The standard InChI is InChI=1S/C25H29N9O7S2/c1-25(2,23(39)40)41-31-15(18-30-24(26)43-32-18)19(35)29-16-20(36)34-17(22(37)38)12(11-42-21(16)34)10-33-7-4-13(5-8-33)28-14-3-6-27-9-14/h4-5,7-8,14,16,21,27H,3,6,9-11H2,1-2H3,(H5,26,29,30,32,35,37,38,39,40)/p+1. The van der Waals surface area contributed by atoms with Gasteiger partial charge in [0.2, 0.25) is 17.1 Å². The molecule has 2 fully saturated rings. The van der Waals surface area contributed by atoms with Gasteiger partial charge in [-0.05, 0) is 26.8 Å². The molecule has 0 bridgehead atoms. The number of hydrogen-bond acceptors (Lipinski definition) is 13. The van der Waals surface area contributed by atoms with E-state index in [2.05, 4.69) is 30.5 Å². The van der Waals surface area contributed by atoms with Crippen LogP contribution in [0.25, 0.3) is 0 Å². The molecule has 0 radical (unpaired) electrons. The minimum absolute atomic E-state index is 0.0281. The second kappa shape index (κ2) is 12.1. The van der Waals surface area contributed by atoms with Crippen LogP contribution in [-0.4, -0.2) is 95.8 Å². The number of thioether (sulfide) groups is 1. The molecule has 228 valence electrons. The van der Waals surface area contributed by atoms with Crippen molar-refractivity contribution < 1.29 is 38.8 Å². The maximum atomic E-state index is 13.2. The number of aliphatic carboxylic acids is 2. The van der Waals surface area contributed by atoms with Gasteiger partial charge in [0.15, 0.2) is 24.1 Å². The molecule has 0 spiro atoms. The SMILES string of the molecule is CC(C)(ON=C(C(=O)NC1C(=O)N2C(C(=O)O)=C(C[n+]3ccc(NC4CCNC4)cc3)CSC12)c1nsc(N)n1)C(=O)O. The number of nitrogens with one attached hydrogen (secondary N) is 3. The van der Waals surface area contributed by atoms with Gasteiger partial charge in [-0.1, -0.05) is 5.16 Å². The molecule has 2 aromatic heterocycles. The highest BCUT2D eigenvalue weighted by Gasteiger charge is 2.55. The first-order valence-electron chi connectivity index (χ1n) is 13.2. The average Bonchev–Trinajstić information content (AvgIpc) is 3.64. The third-order valence-electron chi connectivity index (χ3n) is 6.98. The molecule has 43 heavy (non-hydrogen) atoms. The van der Waals surface area contributed by atoms with Crippen LogP contribution in [0.4, 0.5) is 10.8 Å². The zero-order chi connectivity index (χ0) is 30.9. The van der Waals surface area contributed by atoms with Crippen molar-refractivity contribution in [2.75, 3.05) is 29.9 Å². The predicted molar refractivity (Wildman–Crippen MR) is 155 cm³/mol. The number of nitrogens with zero attached hydrogens (tertiary/aromatic N) is 5. The smallest absolute Gasteiger partial charge is 0.352 e. The number of fused-ring (bicyclic) bond motifs is 1. The van der Waals surface area contributed by atoms with Crippen molar-refractivity contribution >= 4 is 63.6 Å². The fraction of sp³-hybridized carbons (Fsp3) is 0.440. The van der Waals surface area contributed by atoms with Crippen LogP contribution in [0.5, 0.6) is 0 Å². The molecule has 0 saturated carbocycles. The Labute approximate surface area is 253 Å². The summed E-state index contributed by atoms with van der Waals surface area (Å²) in [4.78, 5) is 60.3. The molecule has 18 heteroatoms. The molecule has 7 N–H and O–H groups in total. The third-order valence-corrected chi connectivity index (χ3v) is 8.86. The minimum atomic E-state index is -1.78. The van der Waals surface area contributed by atoms with Gasteiger partial charge >= 0.3 is 11.9 Å². The number of nitrogen functional groups attached to an aromatic ring is 1. The van der Waals surface area contributed by atoms with Crippen molar-refractivity contribution in [1.29, 1.82) is 0 Å². The van der Waals surface area contributed by atoms with Crippen molar-refractivity contribution in [2.24, 2.45) is 5.16 Å². The van der Waals surface area contributed by atoms with Gasteiger partial charge in [-0.15, -0.1) is 11.8 Å². The number of oxime groups is 1. The van der Waals surface area contributed by atoms with E-state index in [0.29, 0.717) is 17.4 Å². The quantitative estimate of drug-likeness (QED) is 0.0773. The van der Waals surface area contributed by atoms with Crippen molar-refractivity contribution in [3.05, 3.63) is 41.6 Å². The number of carbonyl (C=O) groups excluding carboxylic acids is 2. The summed E-state index contributed by atoms with van der Waals surface area (Å²) in [5, 5.41) is 31.7. The number of carboxylic acid groups (broad SMARTS) is 2. The largest absolute Gasteiger partial charge is 0.478 e. The number of aromatic nitrogens is 3. The van der Waals surface area contributed by atoms with E-state index in [0.717, 1.165) is 36.7 Å². The highest BCUT2D eigenvalue weighted by atomic mass is 32.2. The summed E-state index contributed by atoms with van der Waals surface area (Å²) in [5.74, 6) is -4.02. The van der Waals surface area contributed by atoms with Crippen molar-refractivity contribution in [1.82, 2.24) is 24.9 Å². The van der Waals surface area contributed by atoms with Gasteiger partial charge in [0.05, 0.1) is 0 Å².